The molecule has 2 heterocycles. The molecule has 2 nitrogen and oxygen atoms in total. The van der Waals surface area contributed by atoms with Gasteiger partial charge in [-0.05, 0) is 23.6 Å². The minimum atomic E-state index is -0.976. The van der Waals surface area contributed by atoms with Gasteiger partial charge < -0.3 is 5.11 Å². The molecule has 1 aromatic heterocycles. The Morgan fingerprint density at radius 3 is 2.47 bits per heavy atom. The third kappa shape index (κ3) is 1.32. The fourth-order valence-corrected chi connectivity index (χ4v) is 3.00. The lowest BCUT2D eigenvalue weighted by Gasteiger charge is -2.13. The van der Waals surface area contributed by atoms with Crippen LogP contribution in [-0.4, -0.2) is 5.11 Å². The highest BCUT2D eigenvalue weighted by atomic mass is 16.3. The third-order valence-electron chi connectivity index (χ3n) is 4.00. The molecule has 0 saturated carbocycles. The minimum Gasteiger partial charge on any atom is -0.331 e. The minimum absolute atomic E-state index is 0.963. The average molecular weight is 248 g/mol. The molecule has 0 radical (unpaired) electrons. The second-order valence-corrected chi connectivity index (χ2v) is 5.22. The summed E-state index contributed by atoms with van der Waals surface area (Å²) in [6.45, 7) is 1.84. The molecule has 0 bridgehead atoms. The van der Waals surface area contributed by atoms with Crippen molar-refractivity contribution in [2.75, 3.05) is 0 Å². The maximum Gasteiger partial charge on any atom is 0.295 e. The summed E-state index contributed by atoms with van der Waals surface area (Å²) in [5.74, 6) is 0. The van der Waals surface area contributed by atoms with Crippen molar-refractivity contribution in [3.8, 4) is 11.3 Å². The summed E-state index contributed by atoms with van der Waals surface area (Å²) < 4.78 is 1.96. The van der Waals surface area contributed by atoms with Crippen molar-refractivity contribution in [2.45, 2.75) is 12.6 Å². The van der Waals surface area contributed by atoms with Crippen molar-refractivity contribution in [1.82, 2.24) is 0 Å². The SMILES string of the molecule is CC1(O)c2ccccc2-c2cc3ccccc3c[n+]21. The third-order valence-corrected chi connectivity index (χ3v) is 4.00. The van der Waals surface area contributed by atoms with Crippen LogP contribution in [0.1, 0.15) is 12.5 Å². The van der Waals surface area contributed by atoms with Crippen LogP contribution in [0.25, 0.3) is 22.0 Å². The second kappa shape index (κ2) is 3.43. The molecule has 0 fully saturated rings. The summed E-state index contributed by atoms with van der Waals surface area (Å²) >= 11 is 0. The van der Waals surface area contributed by atoms with Crippen molar-refractivity contribution in [1.29, 1.82) is 0 Å². The fraction of sp³-hybridized carbons (Fsp3) is 0.118. The number of aliphatic hydroxyl groups is 1. The van der Waals surface area contributed by atoms with E-state index in [1.165, 1.54) is 5.39 Å². The monoisotopic (exact) mass is 248 g/mol. The largest absolute Gasteiger partial charge is 0.331 e. The quantitative estimate of drug-likeness (QED) is 0.608. The van der Waals surface area contributed by atoms with Gasteiger partial charge >= 0.3 is 0 Å². The van der Waals surface area contributed by atoms with Crippen LogP contribution in [-0.2, 0) is 5.72 Å². The molecule has 1 unspecified atom stereocenters. The molecule has 1 aliphatic heterocycles. The molecule has 92 valence electrons. The molecule has 0 spiro atoms. The van der Waals surface area contributed by atoms with E-state index in [9.17, 15) is 5.11 Å². The highest BCUT2D eigenvalue weighted by Crippen LogP contribution is 2.36. The van der Waals surface area contributed by atoms with E-state index in [4.69, 9.17) is 0 Å². The number of aromatic nitrogens is 1. The van der Waals surface area contributed by atoms with Gasteiger partial charge in [0.05, 0.1) is 11.1 Å². The molecule has 0 aliphatic carbocycles. The van der Waals surface area contributed by atoms with E-state index < -0.39 is 5.72 Å². The standard InChI is InChI=1S/C17H14NO/c1-17(19)15-9-5-4-8-14(15)16-10-12-6-2-3-7-13(12)11-18(16)17/h2-11,19H,1H3/q+1. The van der Waals surface area contributed by atoms with E-state index in [2.05, 4.69) is 24.3 Å². The number of benzene rings is 2. The summed E-state index contributed by atoms with van der Waals surface area (Å²) in [4.78, 5) is 0. The summed E-state index contributed by atoms with van der Waals surface area (Å²) in [6.07, 6.45) is 2.03. The predicted octanol–water partition coefficient (Wildman–Crippen LogP) is 2.82. The summed E-state index contributed by atoms with van der Waals surface area (Å²) in [6, 6.07) is 18.4. The maximum absolute atomic E-state index is 10.8. The van der Waals surface area contributed by atoms with E-state index in [-0.39, 0.29) is 0 Å². The lowest BCUT2D eigenvalue weighted by Crippen LogP contribution is -2.52. The van der Waals surface area contributed by atoms with Crippen molar-refractivity contribution in [3.63, 3.8) is 0 Å². The first-order chi connectivity index (χ1) is 9.18. The first-order valence-corrected chi connectivity index (χ1v) is 6.45. The van der Waals surface area contributed by atoms with E-state index >= 15 is 0 Å². The zero-order chi connectivity index (χ0) is 13.0. The van der Waals surface area contributed by atoms with Gasteiger partial charge in [-0.3, -0.25) is 0 Å². The topological polar surface area (TPSA) is 24.1 Å². The number of fused-ring (bicyclic) bond motifs is 4. The Morgan fingerprint density at radius 1 is 0.947 bits per heavy atom. The molecule has 19 heavy (non-hydrogen) atoms. The van der Waals surface area contributed by atoms with Gasteiger partial charge in [0.1, 0.15) is 0 Å². The van der Waals surface area contributed by atoms with Crippen molar-refractivity contribution in [3.05, 3.63) is 66.4 Å². The van der Waals surface area contributed by atoms with Crippen LogP contribution in [0.2, 0.25) is 0 Å². The Labute approximate surface area is 111 Å². The Kier molecular flexibility index (Phi) is 1.93. The Balaban J connectivity index is 2.15. The van der Waals surface area contributed by atoms with Gasteiger partial charge in [-0.15, -0.1) is 0 Å². The van der Waals surface area contributed by atoms with Gasteiger partial charge in [0.25, 0.3) is 5.72 Å². The summed E-state index contributed by atoms with van der Waals surface area (Å²) in [5.41, 5.74) is 2.17. The first kappa shape index (κ1) is 10.7. The predicted molar refractivity (Wildman–Crippen MR) is 74.5 cm³/mol. The molecule has 2 heteroatoms. The van der Waals surface area contributed by atoms with Gasteiger partial charge in [0.2, 0.25) is 5.69 Å². The van der Waals surface area contributed by atoms with Gasteiger partial charge in [-0.1, -0.05) is 30.3 Å². The normalized spacial score (nSPS) is 20.3. The molecule has 0 saturated heterocycles. The molecule has 1 N–H and O–H groups in total. The number of hydrogen-bond acceptors (Lipinski definition) is 1. The lowest BCUT2D eigenvalue weighted by molar-refractivity contribution is -0.775. The van der Waals surface area contributed by atoms with E-state index in [1.54, 1.807) is 0 Å². The van der Waals surface area contributed by atoms with E-state index in [0.29, 0.717) is 0 Å². The average Bonchev–Trinajstić information content (AvgIpc) is 2.66. The van der Waals surface area contributed by atoms with Crippen molar-refractivity contribution in [2.24, 2.45) is 0 Å². The molecular weight excluding hydrogens is 234 g/mol. The summed E-state index contributed by atoms with van der Waals surface area (Å²) in [7, 11) is 0. The number of rotatable bonds is 0. The molecular formula is C17H14NO+. The zero-order valence-electron chi connectivity index (χ0n) is 10.7. The Morgan fingerprint density at radius 2 is 1.63 bits per heavy atom. The van der Waals surface area contributed by atoms with Crippen molar-refractivity contribution >= 4 is 10.8 Å². The van der Waals surface area contributed by atoms with Crippen LogP contribution >= 0.6 is 0 Å². The van der Waals surface area contributed by atoms with E-state index in [0.717, 1.165) is 22.2 Å². The van der Waals surface area contributed by atoms with Crippen molar-refractivity contribution < 1.29 is 9.67 Å². The van der Waals surface area contributed by atoms with Gasteiger partial charge in [0, 0.05) is 18.4 Å². The smallest absolute Gasteiger partial charge is 0.295 e. The van der Waals surface area contributed by atoms with Crippen LogP contribution in [0.4, 0.5) is 0 Å². The van der Waals surface area contributed by atoms with E-state index in [1.807, 2.05) is 48.0 Å². The number of pyridine rings is 1. The number of nitrogens with zero attached hydrogens (tertiary/aromatic N) is 1. The van der Waals surface area contributed by atoms with Crippen LogP contribution in [0.5, 0.6) is 0 Å². The molecule has 3 aromatic rings. The molecule has 0 amide bonds. The Hall–Kier alpha value is -2.19. The first-order valence-electron chi connectivity index (χ1n) is 6.45. The van der Waals surface area contributed by atoms with Crippen LogP contribution in [0.15, 0.2) is 60.8 Å². The van der Waals surface area contributed by atoms with Crippen LogP contribution in [0.3, 0.4) is 0 Å². The lowest BCUT2D eigenvalue weighted by atomic mass is 10.0. The Bertz CT molecular complexity index is 805. The summed E-state index contributed by atoms with van der Waals surface area (Å²) in [5, 5.41) is 13.2. The van der Waals surface area contributed by atoms with Gasteiger partial charge in [-0.25, -0.2) is 0 Å². The highest BCUT2D eigenvalue weighted by molar-refractivity contribution is 5.84. The second-order valence-electron chi connectivity index (χ2n) is 5.22. The molecule has 1 aliphatic rings. The molecule has 1 atom stereocenters. The number of hydrogen-bond donors (Lipinski definition) is 1. The van der Waals surface area contributed by atoms with Crippen LogP contribution in [0, 0.1) is 0 Å². The van der Waals surface area contributed by atoms with Crippen LogP contribution < -0.4 is 4.57 Å². The molecule has 2 aromatic carbocycles. The maximum atomic E-state index is 10.8. The van der Waals surface area contributed by atoms with Gasteiger partial charge in [0.15, 0.2) is 6.20 Å². The fourth-order valence-electron chi connectivity index (χ4n) is 3.00. The molecule has 4 rings (SSSR count). The zero-order valence-corrected chi connectivity index (χ0v) is 10.7. The highest BCUT2D eigenvalue weighted by Gasteiger charge is 2.45. The van der Waals surface area contributed by atoms with Gasteiger partial charge in [-0.2, -0.15) is 4.57 Å².